The first-order valence-electron chi connectivity index (χ1n) is 11.2. The second kappa shape index (κ2) is 10.6. The summed E-state index contributed by atoms with van der Waals surface area (Å²) in [7, 11) is 1.35. The fraction of sp³-hybridized carbons (Fsp3) is 0.222. The van der Waals surface area contributed by atoms with Crippen molar-refractivity contribution in [2.24, 2.45) is 4.99 Å². The number of methoxy groups -OCH3 is 1. The lowest BCUT2D eigenvalue weighted by Gasteiger charge is -2.13. The highest BCUT2D eigenvalue weighted by Gasteiger charge is 2.32. The van der Waals surface area contributed by atoms with Crippen LogP contribution in [0.2, 0.25) is 0 Å². The largest absolute Gasteiger partial charge is 0.493 e. The van der Waals surface area contributed by atoms with Crippen molar-refractivity contribution < 1.29 is 19.1 Å². The molecule has 4 rings (SSSR count). The van der Waals surface area contributed by atoms with Gasteiger partial charge >= 0.3 is 5.97 Å². The quantitative estimate of drug-likeness (QED) is 0.308. The minimum atomic E-state index is -0.402. The summed E-state index contributed by atoms with van der Waals surface area (Å²) in [5.74, 6) is 0.265. The van der Waals surface area contributed by atoms with E-state index < -0.39 is 5.97 Å². The molecular weight excluding hydrogens is 448 g/mol. The fourth-order valence-corrected chi connectivity index (χ4v) is 4.71. The van der Waals surface area contributed by atoms with Gasteiger partial charge in [-0.2, -0.15) is 0 Å². The third kappa shape index (κ3) is 4.84. The molecule has 1 aliphatic rings. The summed E-state index contributed by atoms with van der Waals surface area (Å²) in [6.45, 7) is 5.09. The number of aliphatic imine (C=N–C) groups is 1. The molecule has 3 aromatic carbocycles. The molecule has 0 unspecified atom stereocenters. The lowest BCUT2D eigenvalue weighted by Crippen LogP contribution is -2.28. The van der Waals surface area contributed by atoms with Crippen molar-refractivity contribution >= 4 is 51.3 Å². The lowest BCUT2D eigenvalue weighted by molar-refractivity contribution is -0.122. The van der Waals surface area contributed by atoms with Crippen LogP contribution in [0.25, 0.3) is 16.8 Å². The summed E-state index contributed by atoms with van der Waals surface area (Å²) in [5, 5.41) is 2.71. The molecule has 34 heavy (non-hydrogen) atoms. The molecule has 6 nitrogen and oxygen atoms in total. The van der Waals surface area contributed by atoms with E-state index >= 15 is 0 Å². The van der Waals surface area contributed by atoms with E-state index in [2.05, 4.69) is 11.9 Å². The zero-order chi connectivity index (χ0) is 24.1. The molecule has 0 N–H and O–H groups in total. The van der Waals surface area contributed by atoms with Gasteiger partial charge in [0.15, 0.2) is 5.17 Å². The number of amides is 1. The van der Waals surface area contributed by atoms with Gasteiger partial charge in [-0.25, -0.2) is 9.79 Å². The Morgan fingerprint density at radius 3 is 2.53 bits per heavy atom. The van der Waals surface area contributed by atoms with Crippen LogP contribution in [0.4, 0.5) is 5.69 Å². The molecule has 0 aliphatic carbocycles. The van der Waals surface area contributed by atoms with E-state index in [1.165, 1.54) is 18.9 Å². The van der Waals surface area contributed by atoms with Crippen LogP contribution in [0.5, 0.6) is 5.75 Å². The molecule has 0 aromatic heterocycles. The van der Waals surface area contributed by atoms with Crippen molar-refractivity contribution in [2.75, 3.05) is 20.3 Å². The number of fused-ring (bicyclic) bond motifs is 1. The lowest BCUT2D eigenvalue weighted by atomic mass is 10.0. The molecule has 0 bridgehead atoms. The highest BCUT2D eigenvalue weighted by atomic mass is 32.2. The molecule has 1 amide bonds. The first-order valence-corrected chi connectivity index (χ1v) is 12.0. The second-order valence-electron chi connectivity index (χ2n) is 7.64. The van der Waals surface area contributed by atoms with Crippen molar-refractivity contribution in [3.05, 3.63) is 76.7 Å². The number of carbonyl (C=O) groups excluding carboxylic acids is 2. The van der Waals surface area contributed by atoms with E-state index in [-0.39, 0.29) is 5.91 Å². The molecule has 0 spiro atoms. The summed E-state index contributed by atoms with van der Waals surface area (Å²) in [6.07, 6.45) is 2.80. The number of esters is 1. The Morgan fingerprint density at radius 2 is 1.82 bits per heavy atom. The Kier molecular flexibility index (Phi) is 7.33. The summed E-state index contributed by atoms with van der Waals surface area (Å²) in [4.78, 5) is 31.8. The first-order chi connectivity index (χ1) is 16.5. The van der Waals surface area contributed by atoms with Crippen molar-refractivity contribution in [3.8, 4) is 5.75 Å². The topological polar surface area (TPSA) is 68.2 Å². The third-order valence-electron chi connectivity index (χ3n) is 5.39. The fourth-order valence-electron chi connectivity index (χ4n) is 3.66. The number of benzene rings is 3. The number of carbonyl (C=O) groups is 2. The Bertz CT molecular complexity index is 1280. The van der Waals surface area contributed by atoms with Gasteiger partial charge in [0.05, 0.1) is 29.9 Å². The zero-order valence-corrected chi connectivity index (χ0v) is 20.2. The zero-order valence-electron chi connectivity index (χ0n) is 19.4. The van der Waals surface area contributed by atoms with E-state index in [1.54, 1.807) is 29.2 Å². The molecule has 174 valence electrons. The van der Waals surface area contributed by atoms with E-state index in [0.29, 0.717) is 34.5 Å². The number of ether oxygens (including phenoxy) is 2. The maximum absolute atomic E-state index is 13.2. The summed E-state index contributed by atoms with van der Waals surface area (Å²) < 4.78 is 10.8. The van der Waals surface area contributed by atoms with Gasteiger partial charge in [0.1, 0.15) is 5.75 Å². The molecular formula is C27H26N2O4S. The van der Waals surface area contributed by atoms with Crippen molar-refractivity contribution in [1.82, 2.24) is 4.90 Å². The smallest absolute Gasteiger partial charge is 0.337 e. The van der Waals surface area contributed by atoms with Crippen LogP contribution in [-0.4, -0.2) is 42.2 Å². The first kappa shape index (κ1) is 23.6. The number of rotatable bonds is 7. The number of amidine groups is 1. The van der Waals surface area contributed by atoms with Gasteiger partial charge in [0, 0.05) is 12.1 Å². The van der Waals surface area contributed by atoms with Crippen LogP contribution < -0.4 is 4.74 Å². The average molecular weight is 475 g/mol. The van der Waals surface area contributed by atoms with Crippen LogP contribution in [0.15, 0.2) is 70.6 Å². The molecule has 0 radical (unpaired) electrons. The van der Waals surface area contributed by atoms with Gasteiger partial charge in [-0.05, 0) is 72.3 Å². The van der Waals surface area contributed by atoms with Crippen LogP contribution in [0.3, 0.4) is 0 Å². The van der Waals surface area contributed by atoms with Gasteiger partial charge in [-0.1, -0.05) is 37.3 Å². The van der Waals surface area contributed by atoms with Crippen LogP contribution >= 0.6 is 11.8 Å². The maximum Gasteiger partial charge on any atom is 0.337 e. The van der Waals surface area contributed by atoms with E-state index in [9.17, 15) is 9.59 Å². The molecule has 3 aromatic rings. The Morgan fingerprint density at radius 1 is 1.06 bits per heavy atom. The molecule has 7 heteroatoms. The average Bonchev–Trinajstić information content (AvgIpc) is 3.16. The highest BCUT2D eigenvalue weighted by Crippen LogP contribution is 2.37. The predicted octanol–water partition coefficient (Wildman–Crippen LogP) is 6.04. The van der Waals surface area contributed by atoms with Crippen LogP contribution in [0, 0.1) is 0 Å². The van der Waals surface area contributed by atoms with E-state index in [1.807, 2.05) is 49.4 Å². The van der Waals surface area contributed by atoms with Gasteiger partial charge in [-0.15, -0.1) is 0 Å². The van der Waals surface area contributed by atoms with Crippen molar-refractivity contribution in [2.45, 2.75) is 20.3 Å². The third-order valence-corrected chi connectivity index (χ3v) is 6.39. The second-order valence-corrected chi connectivity index (χ2v) is 8.65. The Balaban J connectivity index is 1.72. The van der Waals surface area contributed by atoms with Gasteiger partial charge in [-0.3, -0.25) is 9.69 Å². The van der Waals surface area contributed by atoms with Crippen molar-refractivity contribution in [1.29, 1.82) is 0 Å². The standard InChI is InChI=1S/C27H26N2O4S/c1-4-16-33-23-15-12-18-8-6-7-9-21(18)22(23)17-24-25(30)29(5-2)27(34-24)28-20-13-10-19(11-14-20)26(31)32-3/h6-15,17H,4-5,16H2,1-3H3/b24-17+,28-27?. The van der Waals surface area contributed by atoms with E-state index in [0.717, 1.165) is 28.5 Å². The summed E-state index contributed by atoms with van der Waals surface area (Å²) >= 11 is 1.34. The SMILES string of the molecule is CCCOc1ccc2ccccc2c1/C=C1/SC(=Nc2ccc(C(=O)OC)cc2)N(CC)C1=O. The molecule has 0 atom stereocenters. The summed E-state index contributed by atoms with van der Waals surface area (Å²) in [6, 6.07) is 18.9. The van der Waals surface area contributed by atoms with Crippen LogP contribution in [0.1, 0.15) is 36.2 Å². The highest BCUT2D eigenvalue weighted by molar-refractivity contribution is 8.18. The summed E-state index contributed by atoms with van der Waals surface area (Å²) in [5.41, 5.74) is 1.99. The molecule has 1 heterocycles. The van der Waals surface area contributed by atoms with Gasteiger partial charge in [0.2, 0.25) is 0 Å². The molecule has 1 saturated heterocycles. The number of hydrogen-bond donors (Lipinski definition) is 0. The molecule has 1 fully saturated rings. The number of hydrogen-bond acceptors (Lipinski definition) is 6. The normalized spacial score (nSPS) is 16.0. The maximum atomic E-state index is 13.2. The Hall–Kier alpha value is -3.58. The van der Waals surface area contributed by atoms with Crippen LogP contribution in [-0.2, 0) is 9.53 Å². The minimum Gasteiger partial charge on any atom is -0.493 e. The van der Waals surface area contributed by atoms with Crippen molar-refractivity contribution in [3.63, 3.8) is 0 Å². The van der Waals surface area contributed by atoms with Gasteiger partial charge in [0.25, 0.3) is 5.91 Å². The van der Waals surface area contributed by atoms with E-state index in [4.69, 9.17) is 9.47 Å². The predicted molar refractivity (Wildman–Crippen MR) is 138 cm³/mol. The Labute approximate surface area is 203 Å². The molecule has 0 saturated carbocycles. The minimum absolute atomic E-state index is 0.0909. The molecule has 1 aliphatic heterocycles. The number of nitrogens with zero attached hydrogens (tertiary/aromatic N) is 2. The van der Waals surface area contributed by atoms with Gasteiger partial charge < -0.3 is 9.47 Å². The number of likely N-dealkylation sites (N-methyl/N-ethyl adjacent to an activating group) is 1. The monoisotopic (exact) mass is 474 g/mol. The number of thioether (sulfide) groups is 1.